The highest BCUT2D eigenvalue weighted by Crippen LogP contribution is 2.40. The first-order chi connectivity index (χ1) is 18.4. The van der Waals surface area contributed by atoms with Gasteiger partial charge < -0.3 is 8.96 Å². The molecule has 0 fully saturated rings. The van der Waals surface area contributed by atoms with E-state index in [9.17, 15) is 0 Å². The minimum absolute atomic E-state index is 0.206. The summed E-state index contributed by atoms with van der Waals surface area (Å²) in [5.41, 5.74) is 4.90. The van der Waals surface area contributed by atoms with Gasteiger partial charge in [-0.15, -0.1) is 0 Å². The molecular weight excluding hydrogens is 455 g/mol. The van der Waals surface area contributed by atoms with Gasteiger partial charge in [-0.3, -0.25) is 0 Å². The van der Waals surface area contributed by atoms with Crippen molar-refractivity contribution in [1.29, 1.82) is 0 Å². The van der Waals surface area contributed by atoms with Crippen LogP contribution in [-0.4, -0.2) is 27.6 Å². The molecule has 6 aromatic rings. The summed E-state index contributed by atoms with van der Waals surface area (Å²) in [6.45, 7) is -0.206. The van der Waals surface area contributed by atoms with Gasteiger partial charge in [0.2, 0.25) is 0 Å². The molecule has 5 heterocycles. The Labute approximate surface area is 211 Å². The van der Waals surface area contributed by atoms with Gasteiger partial charge in [-0.25, -0.2) is 20.0 Å². The molecule has 37 heavy (non-hydrogen) atoms. The van der Waals surface area contributed by atoms with Gasteiger partial charge in [0.25, 0.3) is 0 Å². The highest BCUT2D eigenvalue weighted by molar-refractivity contribution is 6.72. The van der Waals surface area contributed by atoms with Gasteiger partial charge in [0, 0.05) is 32.7 Å². The third-order valence-corrected chi connectivity index (χ3v) is 7.57. The summed E-state index contributed by atoms with van der Waals surface area (Å²) in [6.07, 6.45) is 0. The van der Waals surface area contributed by atoms with Crippen molar-refractivity contribution in [2.75, 3.05) is 0 Å². The van der Waals surface area contributed by atoms with E-state index in [0.29, 0.717) is 11.7 Å². The van der Waals surface area contributed by atoms with Crippen LogP contribution in [0.2, 0.25) is 0 Å². The zero-order valence-corrected chi connectivity index (χ0v) is 19.6. The molecule has 9 rings (SSSR count). The molecule has 0 spiro atoms. The van der Waals surface area contributed by atoms with Gasteiger partial charge in [-0.2, -0.15) is 0 Å². The second kappa shape index (κ2) is 6.80. The van der Waals surface area contributed by atoms with Crippen molar-refractivity contribution in [1.82, 2.24) is 8.96 Å². The van der Waals surface area contributed by atoms with E-state index in [-0.39, 0.29) is 6.98 Å². The van der Waals surface area contributed by atoms with Crippen molar-refractivity contribution in [3.05, 3.63) is 125 Å². The fourth-order valence-corrected chi connectivity index (χ4v) is 5.99. The number of rotatable bonds is 1. The normalized spacial score (nSPS) is 14.6. The molecule has 0 saturated heterocycles. The predicted octanol–water partition coefficient (Wildman–Crippen LogP) is 4.12. The third-order valence-electron chi connectivity index (χ3n) is 7.57. The first-order valence-corrected chi connectivity index (χ1v) is 12.4. The Morgan fingerprint density at radius 3 is 1.62 bits per heavy atom. The van der Waals surface area contributed by atoms with Gasteiger partial charge >= 0.3 is 6.98 Å². The smallest absolute Gasteiger partial charge is 0.329 e. The van der Waals surface area contributed by atoms with Crippen LogP contribution in [0.25, 0.3) is 21.5 Å². The van der Waals surface area contributed by atoms with Crippen molar-refractivity contribution < 1.29 is 0 Å². The summed E-state index contributed by atoms with van der Waals surface area (Å²) in [6, 6.07) is 35.6. The highest BCUT2D eigenvalue weighted by atomic mass is 15.2. The zero-order valence-electron chi connectivity index (χ0n) is 19.6. The quantitative estimate of drug-likeness (QED) is 0.323. The maximum Gasteiger partial charge on any atom is 0.425 e. The average molecular weight is 472 g/mol. The summed E-state index contributed by atoms with van der Waals surface area (Å²) in [5.74, 6) is 3.13. The van der Waals surface area contributed by atoms with Crippen molar-refractivity contribution in [2.24, 2.45) is 20.0 Å². The van der Waals surface area contributed by atoms with E-state index in [1.54, 1.807) is 0 Å². The molecular formula is C30H17BN6. The molecule has 4 aromatic carbocycles. The lowest BCUT2D eigenvalue weighted by Gasteiger charge is -2.24. The van der Waals surface area contributed by atoms with Gasteiger partial charge in [-0.1, -0.05) is 103 Å². The molecule has 4 bridgehead atoms. The molecule has 3 aliphatic heterocycles. The first-order valence-electron chi connectivity index (χ1n) is 12.4. The van der Waals surface area contributed by atoms with Crippen molar-refractivity contribution in [3.63, 3.8) is 0 Å². The van der Waals surface area contributed by atoms with Gasteiger partial charge in [-0.05, 0) is 5.46 Å². The number of aliphatic imine (C=N–C) groups is 2. The van der Waals surface area contributed by atoms with Crippen LogP contribution in [0.3, 0.4) is 0 Å². The molecule has 2 aromatic heterocycles. The molecule has 6 nitrogen and oxygen atoms in total. The van der Waals surface area contributed by atoms with Gasteiger partial charge in [0.15, 0.2) is 11.7 Å². The van der Waals surface area contributed by atoms with E-state index >= 15 is 0 Å². The molecule has 0 unspecified atom stereocenters. The number of amidine groups is 2. The van der Waals surface area contributed by atoms with E-state index in [4.69, 9.17) is 20.0 Å². The van der Waals surface area contributed by atoms with Gasteiger partial charge in [0.1, 0.15) is 22.6 Å². The Morgan fingerprint density at radius 2 is 0.946 bits per heavy atom. The number of benzene rings is 4. The summed E-state index contributed by atoms with van der Waals surface area (Å²) in [7, 11) is 0. The van der Waals surface area contributed by atoms with E-state index in [1.165, 1.54) is 0 Å². The van der Waals surface area contributed by atoms with E-state index in [1.807, 2.05) is 12.1 Å². The summed E-state index contributed by atoms with van der Waals surface area (Å²) >= 11 is 0. The summed E-state index contributed by atoms with van der Waals surface area (Å²) in [5, 5.41) is 4.27. The lowest BCUT2D eigenvalue weighted by atomic mass is 9.66. The second-order valence-electron chi connectivity index (χ2n) is 9.55. The van der Waals surface area contributed by atoms with Crippen LogP contribution in [0.5, 0.6) is 0 Å². The fraction of sp³-hybridized carbons (Fsp3) is 0. The first kappa shape index (κ1) is 19.2. The fourth-order valence-electron chi connectivity index (χ4n) is 5.99. The Morgan fingerprint density at radius 1 is 0.432 bits per heavy atom. The van der Waals surface area contributed by atoms with Crippen LogP contribution in [0, 0.1) is 0 Å². The van der Waals surface area contributed by atoms with Crippen LogP contribution >= 0.6 is 0 Å². The molecule has 0 saturated carbocycles. The minimum atomic E-state index is -0.206. The molecule has 0 amide bonds. The van der Waals surface area contributed by atoms with Crippen LogP contribution < -0.4 is 16.4 Å². The highest BCUT2D eigenvalue weighted by Gasteiger charge is 2.37. The monoisotopic (exact) mass is 472 g/mol. The van der Waals surface area contributed by atoms with Crippen molar-refractivity contribution in [2.45, 2.75) is 0 Å². The van der Waals surface area contributed by atoms with Crippen LogP contribution in [0.15, 0.2) is 123 Å². The number of fused-ring (bicyclic) bond motifs is 10. The molecule has 0 aliphatic carbocycles. The Bertz CT molecular complexity index is 2150. The number of hydrogen-bond acceptors (Lipinski definition) is 4. The van der Waals surface area contributed by atoms with E-state index in [0.717, 1.165) is 60.7 Å². The molecule has 7 heteroatoms. The molecule has 3 aliphatic rings. The van der Waals surface area contributed by atoms with Crippen LogP contribution in [-0.2, 0) is 0 Å². The molecule has 170 valence electrons. The standard InChI is InChI=1S/C30H17BN6/c1-2-10-18(11-3-1)31-36-27-21-14-6-8-16-23(21)29(36)35-30-24-17-9-7-15-22(24)28(37(30)31)34-26-20-13-5-4-12-19(20)25(32-26)33-27/h1-17H. The molecule has 0 N–H and O–H groups in total. The number of nitrogens with zero attached hydrogens (tertiary/aromatic N) is 6. The molecule has 0 radical (unpaired) electrons. The third kappa shape index (κ3) is 2.40. The number of hydrogen-bond donors (Lipinski definition) is 0. The Hall–Kier alpha value is -5.04. The molecule has 0 atom stereocenters. The predicted molar refractivity (Wildman–Crippen MR) is 148 cm³/mol. The van der Waals surface area contributed by atoms with Crippen LogP contribution in [0.4, 0.5) is 11.6 Å². The SMILES string of the molecule is c1ccc(B2n3c4c5ccccc5c3N=c3c5ccccc5c(n32)=NC2=NC(=N4)c3ccccc32)cc1. The number of aromatic nitrogens is 2. The zero-order chi connectivity index (χ0) is 24.1. The minimum Gasteiger partial charge on any atom is -0.329 e. The Kier molecular flexibility index (Phi) is 3.52. The largest absolute Gasteiger partial charge is 0.425 e. The lowest BCUT2D eigenvalue weighted by Crippen LogP contribution is -2.55. The lowest BCUT2D eigenvalue weighted by molar-refractivity contribution is 0.928. The summed E-state index contributed by atoms with van der Waals surface area (Å²) in [4.78, 5) is 20.8. The van der Waals surface area contributed by atoms with E-state index in [2.05, 4.69) is 100.0 Å². The van der Waals surface area contributed by atoms with E-state index < -0.39 is 0 Å². The average Bonchev–Trinajstić information content (AvgIpc) is 3.58. The topological polar surface area (TPSA) is 59.3 Å². The summed E-state index contributed by atoms with van der Waals surface area (Å²) < 4.78 is 4.53. The van der Waals surface area contributed by atoms with Crippen molar-refractivity contribution >= 4 is 57.3 Å². The maximum absolute atomic E-state index is 5.31. The van der Waals surface area contributed by atoms with Crippen molar-refractivity contribution in [3.8, 4) is 0 Å². The van der Waals surface area contributed by atoms with Crippen LogP contribution in [0.1, 0.15) is 11.1 Å². The van der Waals surface area contributed by atoms with Gasteiger partial charge in [0.05, 0.1) is 0 Å². The maximum atomic E-state index is 5.31. The second-order valence-corrected chi connectivity index (χ2v) is 9.55. The Balaban J connectivity index is 1.59.